The van der Waals surface area contributed by atoms with Crippen molar-refractivity contribution in [3.63, 3.8) is 0 Å². The quantitative estimate of drug-likeness (QED) is 0.766. The Kier molecular flexibility index (Phi) is 4.41. The summed E-state index contributed by atoms with van der Waals surface area (Å²) >= 11 is 0. The second kappa shape index (κ2) is 6.47. The van der Waals surface area contributed by atoms with Gasteiger partial charge in [0.1, 0.15) is 11.6 Å². The van der Waals surface area contributed by atoms with Gasteiger partial charge in [0, 0.05) is 18.3 Å². The lowest BCUT2D eigenvalue weighted by Gasteiger charge is -2.48. The summed E-state index contributed by atoms with van der Waals surface area (Å²) in [5.41, 5.74) is 2.30. The number of nitrogens with zero attached hydrogens (tertiary/aromatic N) is 1. The van der Waals surface area contributed by atoms with Crippen LogP contribution >= 0.6 is 0 Å². The van der Waals surface area contributed by atoms with Gasteiger partial charge >= 0.3 is 0 Å². The molecule has 0 saturated carbocycles. The Morgan fingerprint density at radius 2 is 1.55 bits per heavy atom. The summed E-state index contributed by atoms with van der Waals surface area (Å²) < 4.78 is 25.8. The van der Waals surface area contributed by atoms with Gasteiger partial charge in [-0.3, -0.25) is 0 Å². The molecule has 2 atom stereocenters. The van der Waals surface area contributed by atoms with Crippen LogP contribution in [0.4, 0.5) is 14.5 Å². The summed E-state index contributed by atoms with van der Waals surface area (Å²) in [5, 5.41) is 0. The molecule has 1 heterocycles. The maximum absolute atomic E-state index is 13.0. The zero-order valence-corrected chi connectivity index (χ0v) is 12.8. The van der Waals surface area contributed by atoms with E-state index >= 15 is 0 Å². The lowest BCUT2D eigenvalue weighted by atomic mass is 9.84. The highest BCUT2D eigenvalue weighted by Crippen LogP contribution is 2.33. The number of hydrogen-bond donors (Lipinski definition) is 0. The Morgan fingerprint density at radius 3 is 2.14 bits per heavy atom. The fourth-order valence-corrected chi connectivity index (χ4v) is 3.21. The molecule has 3 heteroatoms. The van der Waals surface area contributed by atoms with Gasteiger partial charge in [0.05, 0.1) is 0 Å². The van der Waals surface area contributed by atoms with Crippen LogP contribution in [0.1, 0.15) is 25.3 Å². The molecule has 0 spiro atoms. The Bertz CT molecular complexity index is 606. The summed E-state index contributed by atoms with van der Waals surface area (Å²) in [6, 6.07) is 14.0. The van der Waals surface area contributed by atoms with Crippen molar-refractivity contribution in [2.75, 3.05) is 11.4 Å². The standard InChI is InChI=1S/C19H21F2N/c1-14-16(4-2-3-15-5-7-17(20)8-6-15)13-22(14)19-11-9-18(21)10-12-19/h5-12,14,16H,2-4,13H2,1H3/t14?,16-/m0/s1. The average Bonchev–Trinajstić information content (AvgIpc) is 2.53. The van der Waals surface area contributed by atoms with E-state index < -0.39 is 0 Å². The maximum Gasteiger partial charge on any atom is 0.123 e. The predicted molar refractivity (Wildman–Crippen MR) is 86.0 cm³/mol. The van der Waals surface area contributed by atoms with E-state index in [2.05, 4.69) is 11.8 Å². The second-order valence-corrected chi connectivity index (χ2v) is 6.15. The maximum atomic E-state index is 13.0. The van der Waals surface area contributed by atoms with Crippen molar-refractivity contribution in [3.8, 4) is 0 Å². The normalized spacial score (nSPS) is 20.8. The molecular formula is C19H21F2N. The molecule has 3 rings (SSSR count). The zero-order valence-electron chi connectivity index (χ0n) is 12.8. The van der Waals surface area contributed by atoms with Gasteiger partial charge in [0.2, 0.25) is 0 Å². The van der Waals surface area contributed by atoms with E-state index in [4.69, 9.17) is 0 Å². The van der Waals surface area contributed by atoms with Crippen LogP contribution in [0, 0.1) is 17.6 Å². The number of halogens is 2. The zero-order chi connectivity index (χ0) is 15.5. The van der Waals surface area contributed by atoms with E-state index in [-0.39, 0.29) is 11.6 Å². The second-order valence-electron chi connectivity index (χ2n) is 6.15. The molecule has 1 aliphatic heterocycles. The summed E-state index contributed by atoms with van der Waals surface area (Å²) in [4.78, 5) is 2.32. The molecule has 0 aliphatic carbocycles. The fraction of sp³-hybridized carbons (Fsp3) is 0.368. The Balaban J connectivity index is 1.45. The van der Waals surface area contributed by atoms with Gasteiger partial charge in [-0.1, -0.05) is 12.1 Å². The molecule has 22 heavy (non-hydrogen) atoms. The summed E-state index contributed by atoms with van der Waals surface area (Å²) in [5.74, 6) is 0.324. The molecule has 1 fully saturated rings. The van der Waals surface area contributed by atoms with E-state index in [0.29, 0.717) is 12.0 Å². The lowest BCUT2D eigenvalue weighted by molar-refractivity contribution is 0.288. The van der Waals surface area contributed by atoms with Gasteiger partial charge < -0.3 is 4.90 Å². The molecule has 1 nitrogen and oxygen atoms in total. The first-order valence-electron chi connectivity index (χ1n) is 7.90. The van der Waals surface area contributed by atoms with E-state index in [1.165, 1.54) is 36.2 Å². The summed E-state index contributed by atoms with van der Waals surface area (Å²) in [6.45, 7) is 3.27. The average molecular weight is 301 g/mol. The van der Waals surface area contributed by atoms with Crippen molar-refractivity contribution in [2.45, 2.75) is 32.2 Å². The highest BCUT2D eigenvalue weighted by atomic mass is 19.1. The first-order chi connectivity index (χ1) is 10.6. The molecule has 1 aliphatic rings. The number of anilines is 1. The Labute approximate surface area is 130 Å². The third-order valence-electron chi connectivity index (χ3n) is 4.72. The molecule has 0 radical (unpaired) electrons. The van der Waals surface area contributed by atoms with Crippen molar-refractivity contribution in [2.24, 2.45) is 5.92 Å². The summed E-state index contributed by atoms with van der Waals surface area (Å²) in [6.07, 6.45) is 3.30. The van der Waals surface area contributed by atoms with Crippen LogP contribution < -0.4 is 4.90 Å². The lowest BCUT2D eigenvalue weighted by Crippen LogP contribution is -2.54. The van der Waals surface area contributed by atoms with Crippen molar-refractivity contribution in [3.05, 3.63) is 65.7 Å². The molecular weight excluding hydrogens is 280 g/mol. The third kappa shape index (κ3) is 3.29. The van der Waals surface area contributed by atoms with Crippen LogP contribution in [0.15, 0.2) is 48.5 Å². The van der Waals surface area contributed by atoms with Crippen LogP contribution in [0.3, 0.4) is 0 Å². The molecule has 0 amide bonds. The van der Waals surface area contributed by atoms with Crippen molar-refractivity contribution < 1.29 is 8.78 Å². The van der Waals surface area contributed by atoms with E-state index in [1.807, 2.05) is 24.3 Å². The molecule has 0 bridgehead atoms. The molecule has 2 aromatic carbocycles. The van der Waals surface area contributed by atoms with Crippen LogP contribution in [0.5, 0.6) is 0 Å². The Hall–Kier alpha value is -1.90. The van der Waals surface area contributed by atoms with Gasteiger partial charge in [-0.05, 0) is 74.1 Å². The van der Waals surface area contributed by atoms with E-state index in [9.17, 15) is 8.78 Å². The van der Waals surface area contributed by atoms with Crippen molar-refractivity contribution >= 4 is 5.69 Å². The predicted octanol–water partition coefficient (Wildman–Crippen LogP) is 4.81. The smallest absolute Gasteiger partial charge is 0.123 e. The molecule has 116 valence electrons. The first-order valence-corrected chi connectivity index (χ1v) is 7.90. The third-order valence-corrected chi connectivity index (χ3v) is 4.72. The highest BCUT2D eigenvalue weighted by Gasteiger charge is 2.34. The molecule has 1 saturated heterocycles. The minimum absolute atomic E-state index is 0.175. The molecule has 2 aromatic rings. The first kappa shape index (κ1) is 15.0. The summed E-state index contributed by atoms with van der Waals surface area (Å²) in [7, 11) is 0. The van der Waals surface area contributed by atoms with E-state index in [0.717, 1.165) is 25.1 Å². The van der Waals surface area contributed by atoms with Gasteiger partial charge in [-0.25, -0.2) is 8.78 Å². The fourth-order valence-electron chi connectivity index (χ4n) is 3.21. The monoisotopic (exact) mass is 301 g/mol. The van der Waals surface area contributed by atoms with Gasteiger partial charge in [-0.2, -0.15) is 0 Å². The van der Waals surface area contributed by atoms with E-state index in [1.54, 1.807) is 0 Å². The van der Waals surface area contributed by atoms with Crippen molar-refractivity contribution in [1.29, 1.82) is 0 Å². The largest absolute Gasteiger partial charge is 0.368 e. The molecule has 0 N–H and O–H groups in total. The molecule has 1 unspecified atom stereocenters. The van der Waals surface area contributed by atoms with Crippen LogP contribution in [-0.2, 0) is 6.42 Å². The minimum Gasteiger partial charge on any atom is -0.368 e. The topological polar surface area (TPSA) is 3.24 Å². The minimum atomic E-state index is -0.187. The van der Waals surface area contributed by atoms with Gasteiger partial charge in [-0.15, -0.1) is 0 Å². The number of benzene rings is 2. The Morgan fingerprint density at radius 1 is 0.955 bits per heavy atom. The van der Waals surface area contributed by atoms with Crippen LogP contribution in [0.2, 0.25) is 0 Å². The van der Waals surface area contributed by atoms with Crippen LogP contribution in [-0.4, -0.2) is 12.6 Å². The van der Waals surface area contributed by atoms with Crippen LogP contribution in [0.25, 0.3) is 0 Å². The number of hydrogen-bond acceptors (Lipinski definition) is 1. The number of aryl methyl sites for hydroxylation is 1. The van der Waals surface area contributed by atoms with Crippen molar-refractivity contribution in [1.82, 2.24) is 0 Å². The SMILES string of the molecule is CC1[C@@H](CCCc2ccc(F)cc2)CN1c1ccc(F)cc1. The van der Waals surface area contributed by atoms with Gasteiger partial charge in [0.15, 0.2) is 0 Å². The number of rotatable bonds is 5. The van der Waals surface area contributed by atoms with Gasteiger partial charge in [0.25, 0.3) is 0 Å². The highest BCUT2D eigenvalue weighted by molar-refractivity contribution is 5.50. The molecule has 0 aromatic heterocycles.